The number of nitrogens with zero attached hydrogens (tertiary/aromatic N) is 1. The molecule has 4 nitrogen and oxygen atoms in total. The molecule has 0 aliphatic carbocycles. The molecule has 0 amide bonds. The standard InChI is InChI=1S/C6H14O3.C5H5N/c1-3-8-6(5-7)9-4-2;1-2-4-6-5-3-1/h6-7H,3-5H2,1-2H3;1-5H. The Balaban J connectivity index is 0.000000280. The highest BCUT2D eigenvalue weighted by Crippen LogP contribution is 1.91. The average Bonchev–Trinajstić information content (AvgIpc) is 2.32. The van der Waals surface area contributed by atoms with E-state index in [1.165, 1.54) is 0 Å². The average molecular weight is 213 g/mol. The Labute approximate surface area is 90.9 Å². The molecule has 0 unspecified atom stereocenters. The van der Waals surface area contributed by atoms with Crippen LogP contribution in [0.4, 0.5) is 0 Å². The third-order valence-corrected chi connectivity index (χ3v) is 1.42. The van der Waals surface area contributed by atoms with Crippen molar-refractivity contribution in [1.82, 2.24) is 4.98 Å². The summed E-state index contributed by atoms with van der Waals surface area (Å²) < 4.78 is 9.92. The highest BCUT2D eigenvalue weighted by atomic mass is 16.7. The van der Waals surface area contributed by atoms with Crippen LogP contribution in [-0.2, 0) is 9.47 Å². The van der Waals surface area contributed by atoms with Gasteiger partial charge < -0.3 is 14.6 Å². The predicted octanol–water partition coefficient (Wildman–Crippen LogP) is 1.46. The topological polar surface area (TPSA) is 51.6 Å². The van der Waals surface area contributed by atoms with Crippen molar-refractivity contribution in [3.05, 3.63) is 30.6 Å². The number of aliphatic hydroxyl groups excluding tert-OH is 1. The molecule has 0 atom stereocenters. The molecule has 0 aliphatic heterocycles. The first-order valence-electron chi connectivity index (χ1n) is 5.04. The smallest absolute Gasteiger partial charge is 0.180 e. The van der Waals surface area contributed by atoms with Gasteiger partial charge in [-0.05, 0) is 26.0 Å². The second-order valence-corrected chi connectivity index (χ2v) is 2.55. The first kappa shape index (κ1) is 14.0. The predicted molar refractivity (Wildman–Crippen MR) is 58.4 cm³/mol. The molecule has 0 radical (unpaired) electrons. The molecule has 0 aliphatic rings. The molecule has 1 aromatic heterocycles. The second-order valence-electron chi connectivity index (χ2n) is 2.55. The molecule has 15 heavy (non-hydrogen) atoms. The molecule has 86 valence electrons. The lowest BCUT2D eigenvalue weighted by Crippen LogP contribution is -2.21. The number of pyridine rings is 1. The van der Waals surface area contributed by atoms with Gasteiger partial charge >= 0.3 is 0 Å². The molecule has 0 spiro atoms. The van der Waals surface area contributed by atoms with E-state index in [-0.39, 0.29) is 6.61 Å². The molecule has 0 saturated heterocycles. The Morgan fingerprint density at radius 3 is 1.80 bits per heavy atom. The van der Waals surface area contributed by atoms with E-state index >= 15 is 0 Å². The zero-order valence-corrected chi connectivity index (χ0v) is 9.30. The highest BCUT2D eigenvalue weighted by Gasteiger charge is 2.02. The van der Waals surface area contributed by atoms with Gasteiger partial charge in [0.2, 0.25) is 0 Å². The van der Waals surface area contributed by atoms with E-state index in [1.54, 1.807) is 12.4 Å². The maximum absolute atomic E-state index is 8.54. The number of rotatable bonds is 5. The monoisotopic (exact) mass is 213 g/mol. The Bertz CT molecular complexity index is 174. The lowest BCUT2D eigenvalue weighted by atomic mass is 10.5. The summed E-state index contributed by atoms with van der Waals surface area (Å²) in [6.45, 7) is 4.81. The van der Waals surface area contributed by atoms with E-state index in [2.05, 4.69) is 4.98 Å². The molecule has 0 aromatic carbocycles. The van der Waals surface area contributed by atoms with Crippen LogP contribution in [0.5, 0.6) is 0 Å². The fourth-order valence-electron chi connectivity index (χ4n) is 0.838. The van der Waals surface area contributed by atoms with Gasteiger partial charge in [-0.1, -0.05) is 6.07 Å². The van der Waals surface area contributed by atoms with Crippen molar-refractivity contribution < 1.29 is 14.6 Å². The fourth-order valence-corrected chi connectivity index (χ4v) is 0.838. The van der Waals surface area contributed by atoms with E-state index in [0.29, 0.717) is 13.2 Å². The first-order chi connectivity index (χ1) is 7.35. The van der Waals surface area contributed by atoms with Crippen LogP contribution in [0.2, 0.25) is 0 Å². The van der Waals surface area contributed by atoms with Crippen LogP contribution in [-0.4, -0.2) is 36.2 Å². The van der Waals surface area contributed by atoms with Gasteiger partial charge in [-0.2, -0.15) is 0 Å². The Morgan fingerprint density at radius 2 is 1.60 bits per heavy atom. The van der Waals surface area contributed by atoms with Crippen molar-refractivity contribution in [2.24, 2.45) is 0 Å². The lowest BCUT2D eigenvalue weighted by molar-refractivity contribution is -0.156. The number of aliphatic hydroxyl groups is 1. The summed E-state index contributed by atoms with van der Waals surface area (Å²) in [6.07, 6.45) is 3.07. The molecule has 0 fully saturated rings. The van der Waals surface area contributed by atoms with E-state index < -0.39 is 6.29 Å². The van der Waals surface area contributed by atoms with Crippen molar-refractivity contribution in [2.45, 2.75) is 20.1 Å². The van der Waals surface area contributed by atoms with E-state index in [4.69, 9.17) is 14.6 Å². The number of aromatic nitrogens is 1. The summed E-state index contributed by atoms with van der Waals surface area (Å²) in [7, 11) is 0. The van der Waals surface area contributed by atoms with Gasteiger partial charge in [0.1, 0.15) is 0 Å². The Morgan fingerprint density at radius 1 is 1.07 bits per heavy atom. The third-order valence-electron chi connectivity index (χ3n) is 1.42. The molecule has 1 aromatic rings. The number of hydrogen-bond donors (Lipinski definition) is 1. The summed E-state index contributed by atoms with van der Waals surface area (Å²) >= 11 is 0. The second kappa shape index (κ2) is 11.1. The zero-order chi connectivity index (χ0) is 11.4. The fraction of sp³-hybridized carbons (Fsp3) is 0.545. The van der Waals surface area contributed by atoms with Gasteiger partial charge in [0.15, 0.2) is 6.29 Å². The van der Waals surface area contributed by atoms with Gasteiger partial charge in [0.25, 0.3) is 0 Å². The van der Waals surface area contributed by atoms with Crippen molar-refractivity contribution in [3.8, 4) is 0 Å². The summed E-state index contributed by atoms with van der Waals surface area (Å²) in [5.41, 5.74) is 0. The van der Waals surface area contributed by atoms with E-state index in [0.717, 1.165) is 0 Å². The number of hydrogen-bond acceptors (Lipinski definition) is 4. The van der Waals surface area contributed by atoms with Crippen molar-refractivity contribution in [2.75, 3.05) is 19.8 Å². The van der Waals surface area contributed by atoms with Gasteiger partial charge in [0, 0.05) is 25.6 Å². The third kappa shape index (κ3) is 9.34. The van der Waals surface area contributed by atoms with Gasteiger partial charge in [-0.3, -0.25) is 4.98 Å². The van der Waals surface area contributed by atoms with Crippen LogP contribution in [0.15, 0.2) is 30.6 Å². The summed E-state index contributed by atoms with van der Waals surface area (Å²) in [6, 6.07) is 5.72. The molecular weight excluding hydrogens is 194 g/mol. The van der Waals surface area contributed by atoms with Crippen LogP contribution in [0, 0.1) is 0 Å². The van der Waals surface area contributed by atoms with Gasteiger partial charge in [0.05, 0.1) is 6.61 Å². The van der Waals surface area contributed by atoms with Crippen LogP contribution in [0.25, 0.3) is 0 Å². The van der Waals surface area contributed by atoms with Crippen LogP contribution in [0.1, 0.15) is 13.8 Å². The maximum Gasteiger partial charge on any atom is 0.180 e. The molecule has 1 rings (SSSR count). The molecular formula is C11H19NO3. The minimum absolute atomic E-state index is 0.0678. The van der Waals surface area contributed by atoms with Crippen LogP contribution in [0.3, 0.4) is 0 Å². The molecule has 0 bridgehead atoms. The summed E-state index contributed by atoms with van der Waals surface area (Å²) in [4.78, 5) is 3.78. The van der Waals surface area contributed by atoms with Crippen LogP contribution >= 0.6 is 0 Å². The normalized spacial score (nSPS) is 9.60. The van der Waals surface area contributed by atoms with E-state index in [9.17, 15) is 0 Å². The molecule has 4 heteroatoms. The Kier molecular flexibility index (Phi) is 10.4. The van der Waals surface area contributed by atoms with Crippen molar-refractivity contribution in [3.63, 3.8) is 0 Å². The largest absolute Gasteiger partial charge is 0.391 e. The maximum atomic E-state index is 8.54. The minimum atomic E-state index is -0.431. The van der Waals surface area contributed by atoms with Gasteiger partial charge in [-0.15, -0.1) is 0 Å². The van der Waals surface area contributed by atoms with Crippen molar-refractivity contribution >= 4 is 0 Å². The molecule has 0 saturated carbocycles. The van der Waals surface area contributed by atoms with E-state index in [1.807, 2.05) is 32.0 Å². The van der Waals surface area contributed by atoms with Crippen molar-refractivity contribution in [1.29, 1.82) is 0 Å². The quantitative estimate of drug-likeness (QED) is 0.752. The molecule has 1 heterocycles. The highest BCUT2D eigenvalue weighted by molar-refractivity contribution is 4.88. The summed E-state index contributed by atoms with van der Waals surface area (Å²) in [5.74, 6) is 0. The minimum Gasteiger partial charge on any atom is -0.391 e. The lowest BCUT2D eigenvalue weighted by Gasteiger charge is -2.12. The summed E-state index contributed by atoms with van der Waals surface area (Å²) in [5, 5.41) is 8.54. The SMILES string of the molecule is CCOC(CO)OCC.c1ccncc1. The number of ether oxygens (including phenoxy) is 2. The first-order valence-corrected chi connectivity index (χ1v) is 5.04. The molecule has 1 N–H and O–H groups in total. The van der Waals surface area contributed by atoms with Crippen LogP contribution < -0.4 is 0 Å². The Hall–Kier alpha value is -0.970. The zero-order valence-electron chi connectivity index (χ0n) is 9.30. The van der Waals surface area contributed by atoms with Gasteiger partial charge in [-0.25, -0.2) is 0 Å².